The Morgan fingerprint density at radius 3 is 2.65 bits per heavy atom. The molecule has 2 aliphatic rings. The van der Waals surface area contributed by atoms with Gasteiger partial charge in [0.2, 0.25) is 6.79 Å². The summed E-state index contributed by atoms with van der Waals surface area (Å²) in [6.45, 7) is 2.09. The molecule has 0 bridgehead atoms. The van der Waals surface area contributed by atoms with Crippen LogP contribution >= 0.6 is 0 Å². The molecule has 5 heteroatoms. The summed E-state index contributed by atoms with van der Waals surface area (Å²) in [4.78, 5) is 0. The molecule has 0 fully saturated rings. The Kier molecular flexibility index (Phi) is 3.08. The van der Waals surface area contributed by atoms with Gasteiger partial charge in [-0.1, -0.05) is 12.1 Å². The minimum Gasteiger partial charge on any atom is -0.504 e. The summed E-state index contributed by atoms with van der Waals surface area (Å²) >= 11 is 0. The predicted octanol–water partition coefficient (Wildman–Crippen LogP) is 3.56. The largest absolute Gasteiger partial charge is 0.504 e. The van der Waals surface area contributed by atoms with E-state index in [0.717, 1.165) is 16.9 Å². The molecule has 2 aromatic rings. The van der Waals surface area contributed by atoms with Crippen molar-refractivity contribution in [3.05, 3.63) is 53.3 Å². The minimum atomic E-state index is -0.150. The molecule has 0 saturated heterocycles. The fourth-order valence-corrected chi connectivity index (χ4v) is 3.01. The Balaban J connectivity index is 1.88. The van der Waals surface area contributed by atoms with Crippen molar-refractivity contribution in [2.24, 2.45) is 0 Å². The van der Waals surface area contributed by atoms with Gasteiger partial charge in [-0.25, -0.2) is 0 Å². The minimum absolute atomic E-state index is 0.134. The molecule has 0 radical (unpaired) electrons. The lowest BCUT2D eigenvalue weighted by atomic mass is 9.87. The number of phenolic OH excluding ortho intramolecular Hbond substituents is 1. The zero-order chi connectivity index (χ0) is 16.0. The highest BCUT2D eigenvalue weighted by Gasteiger charge is 2.28. The van der Waals surface area contributed by atoms with Gasteiger partial charge >= 0.3 is 0 Å². The molecule has 118 valence electrons. The number of allylic oxidation sites excluding steroid dienone is 2. The van der Waals surface area contributed by atoms with E-state index in [1.165, 1.54) is 7.11 Å². The molecule has 4 rings (SSSR count). The van der Waals surface area contributed by atoms with E-state index in [0.29, 0.717) is 23.0 Å². The Bertz CT molecular complexity index is 809. The van der Waals surface area contributed by atoms with Gasteiger partial charge in [0.1, 0.15) is 5.75 Å². The van der Waals surface area contributed by atoms with Crippen LogP contribution in [0.3, 0.4) is 0 Å². The first-order chi connectivity index (χ1) is 11.2. The van der Waals surface area contributed by atoms with Gasteiger partial charge in [0.15, 0.2) is 23.0 Å². The molecular formula is C18H16O5. The van der Waals surface area contributed by atoms with Crippen LogP contribution in [-0.4, -0.2) is 19.0 Å². The zero-order valence-corrected chi connectivity index (χ0v) is 12.8. The van der Waals surface area contributed by atoms with Crippen molar-refractivity contribution in [2.75, 3.05) is 13.9 Å². The molecule has 5 nitrogen and oxygen atoms in total. The van der Waals surface area contributed by atoms with E-state index >= 15 is 0 Å². The SMILES string of the molecule is COc1cccc(C2C=C(C)Oc3cc4c(cc32)OCO4)c1O. The predicted molar refractivity (Wildman–Crippen MR) is 83.5 cm³/mol. The third-order valence-corrected chi connectivity index (χ3v) is 4.10. The summed E-state index contributed by atoms with van der Waals surface area (Å²) in [5, 5.41) is 10.5. The fourth-order valence-electron chi connectivity index (χ4n) is 3.01. The van der Waals surface area contributed by atoms with Crippen molar-refractivity contribution < 1.29 is 24.1 Å². The lowest BCUT2D eigenvalue weighted by molar-refractivity contribution is 0.174. The number of benzene rings is 2. The molecule has 0 saturated carbocycles. The van der Waals surface area contributed by atoms with E-state index in [2.05, 4.69) is 0 Å². The molecule has 0 spiro atoms. The van der Waals surface area contributed by atoms with Crippen molar-refractivity contribution in [3.8, 4) is 28.7 Å². The maximum atomic E-state index is 10.5. The van der Waals surface area contributed by atoms with Crippen LogP contribution in [0, 0.1) is 0 Å². The molecule has 2 aliphatic heterocycles. The van der Waals surface area contributed by atoms with Gasteiger partial charge in [-0.3, -0.25) is 0 Å². The zero-order valence-electron chi connectivity index (χ0n) is 12.8. The van der Waals surface area contributed by atoms with Crippen LogP contribution in [0.2, 0.25) is 0 Å². The van der Waals surface area contributed by atoms with Crippen LogP contribution in [0.1, 0.15) is 24.0 Å². The van der Waals surface area contributed by atoms with E-state index in [1.807, 2.05) is 37.3 Å². The van der Waals surface area contributed by atoms with E-state index in [4.69, 9.17) is 18.9 Å². The second kappa shape index (κ2) is 5.12. The van der Waals surface area contributed by atoms with Gasteiger partial charge in [0, 0.05) is 23.1 Å². The first-order valence-electron chi connectivity index (χ1n) is 7.33. The summed E-state index contributed by atoms with van der Waals surface area (Å²) in [5.74, 6) is 3.27. The Labute approximate surface area is 133 Å². The van der Waals surface area contributed by atoms with Crippen LogP contribution in [0.4, 0.5) is 0 Å². The number of para-hydroxylation sites is 1. The Morgan fingerprint density at radius 2 is 1.87 bits per heavy atom. The van der Waals surface area contributed by atoms with Gasteiger partial charge in [0.05, 0.1) is 12.9 Å². The average Bonchev–Trinajstić information content (AvgIpc) is 2.99. The standard InChI is InChI=1S/C18H16O5/c1-10-6-12(11-4-3-5-14(20-2)18(11)19)13-7-16-17(22-9-21-16)8-15(13)23-10/h3-8,12,19H,9H2,1-2H3. The summed E-state index contributed by atoms with van der Waals surface area (Å²) in [6.07, 6.45) is 1.97. The Hall–Kier alpha value is -2.82. The van der Waals surface area contributed by atoms with Gasteiger partial charge in [-0.2, -0.15) is 0 Å². The molecule has 1 unspecified atom stereocenters. The van der Waals surface area contributed by atoms with Gasteiger partial charge < -0.3 is 24.1 Å². The third kappa shape index (κ3) is 2.16. The quantitative estimate of drug-likeness (QED) is 0.919. The van der Waals surface area contributed by atoms with E-state index in [9.17, 15) is 5.11 Å². The first-order valence-corrected chi connectivity index (χ1v) is 7.33. The number of hydrogen-bond donors (Lipinski definition) is 1. The summed E-state index contributed by atoms with van der Waals surface area (Å²) in [5.41, 5.74) is 1.68. The van der Waals surface area contributed by atoms with E-state index in [1.54, 1.807) is 6.07 Å². The maximum Gasteiger partial charge on any atom is 0.231 e. The number of ether oxygens (including phenoxy) is 4. The highest BCUT2D eigenvalue weighted by Crippen LogP contribution is 2.48. The van der Waals surface area contributed by atoms with Crippen molar-refractivity contribution in [1.29, 1.82) is 0 Å². The molecule has 1 N–H and O–H groups in total. The smallest absolute Gasteiger partial charge is 0.231 e. The van der Waals surface area contributed by atoms with Crippen LogP contribution in [0.5, 0.6) is 28.7 Å². The number of fused-ring (bicyclic) bond motifs is 2. The van der Waals surface area contributed by atoms with Crippen LogP contribution in [-0.2, 0) is 0 Å². The summed E-state index contributed by atoms with van der Waals surface area (Å²) in [6, 6.07) is 9.21. The lowest BCUT2D eigenvalue weighted by Gasteiger charge is -2.25. The second-order valence-electron chi connectivity index (χ2n) is 5.50. The van der Waals surface area contributed by atoms with E-state index < -0.39 is 0 Å². The van der Waals surface area contributed by atoms with Crippen LogP contribution in [0.15, 0.2) is 42.2 Å². The van der Waals surface area contributed by atoms with Gasteiger partial charge in [-0.15, -0.1) is 0 Å². The molecule has 0 aliphatic carbocycles. The highest BCUT2D eigenvalue weighted by atomic mass is 16.7. The molecule has 1 atom stereocenters. The number of phenols is 1. The van der Waals surface area contributed by atoms with Gasteiger partial charge in [0.25, 0.3) is 0 Å². The monoisotopic (exact) mass is 312 g/mol. The maximum absolute atomic E-state index is 10.5. The number of hydrogen-bond acceptors (Lipinski definition) is 5. The normalized spacial score (nSPS) is 18.0. The number of rotatable bonds is 2. The number of aromatic hydroxyl groups is 1. The summed E-state index contributed by atoms with van der Waals surface area (Å²) < 4.78 is 21.9. The number of methoxy groups -OCH3 is 1. The van der Waals surface area contributed by atoms with Crippen molar-refractivity contribution in [1.82, 2.24) is 0 Å². The highest BCUT2D eigenvalue weighted by molar-refractivity contribution is 5.60. The van der Waals surface area contributed by atoms with Crippen molar-refractivity contribution in [3.63, 3.8) is 0 Å². The topological polar surface area (TPSA) is 57.2 Å². The third-order valence-electron chi connectivity index (χ3n) is 4.10. The summed E-state index contributed by atoms with van der Waals surface area (Å²) in [7, 11) is 1.54. The average molecular weight is 312 g/mol. The van der Waals surface area contributed by atoms with Crippen LogP contribution < -0.4 is 18.9 Å². The van der Waals surface area contributed by atoms with Gasteiger partial charge in [-0.05, 0) is 25.1 Å². The molecule has 0 amide bonds. The van der Waals surface area contributed by atoms with Crippen molar-refractivity contribution >= 4 is 0 Å². The van der Waals surface area contributed by atoms with E-state index in [-0.39, 0.29) is 18.5 Å². The fraction of sp³-hybridized carbons (Fsp3) is 0.222. The first kappa shape index (κ1) is 13.8. The second-order valence-corrected chi connectivity index (χ2v) is 5.50. The van der Waals surface area contributed by atoms with Crippen molar-refractivity contribution in [2.45, 2.75) is 12.8 Å². The molecule has 0 aromatic heterocycles. The molecule has 2 aromatic carbocycles. The molecule has 23 heavy (non-hydrogen) atoms. The Morgan fingerprint density at radius 1 is 1.09 bits per heavy atom. The van der Waals surface area contributed by atoms with Crippen LogP contribution in [0.25, 0.3) is 0 Å². The molecular weight excluding hydrogens is 296 g/mol. The lowest BCUT2D eigenvalue weighted by Crippen LogP contribution is -2.09. The molecule has 2 heterocycles.